The van der Waals surface area contributed by atoms with Crippen molar-refractivity contribution in [1.82, 2.24) is 0 Å². The highest BCUT2D eigenvalue weighted by Gasteiger charge is 2.44. The monoisotopic (exact) mass is 395 g/mol. The summed E-state index contributed by atoms with van der Waals surface area (Å²) in [6, 6.07) is -3.62. The van der Waals surface area contributed by atoms with Crippen LogP contribution in [0.2, 0.25) is 0 Å². The van der Waals surface area contributed by atoms with E-state index >= 15 is 0 Å². The van der Waals surface area contributed by atoms with Gasteiger partial charge in [-0.05, 0) is 52.6 Å². The van der Waals surface area contributed by atoms with Crippen LogP contribution in [0.3, 0.4) is 0 Å². The third-order valence-corrected chi connectivity index (χ3v) is 4.00. The lowest BCUT2D eigenvalue weighted by atomic mass is 9.93. The van der Waals surface area contributed by atoms with Crippen LogP contribution in [0, 0.1) is 5.92 Å². The van der Waals surface area contributed by atoms with Crippen molar-refractivity contribution in [2.75, 3.05) is 0 Å². The van der Waals surface area contributed by atoms with Gasteiger partial charge in [0.1, 0.15) is 17.2 Å². The number of nitrogens with two attached hydrogens (primary N) is 2. The molecule has 0 spiro atoms. The molecular weight excluding hydrogens is 368 g/mol. The molecule has 152 valence electrons. The highest BCUT2D eigenvalue weighted by molar-refractivity contribution is 7.80. The summed E-state index contributed by atoms with van der Waals surface area (Å²) in [6.45, 7) is 9.14. The summed E-state index contributed by atoms with van der Waals surface area (Å²) in [5.74, 6) is -6.05. The minimum Gasteiger partial charge on any atom is -0.772 e. The van der Waals surface area contributed by atoms with Gasteiger partial charge < -0.3 is 30.6 Å². The van der Waals surface area contributed by atoms with Crippen molar-refractivity contribution in [3.05, 3.63) is 0 Å². The molecule has 0 aromatic carbocycles. The molecule has 5 atom stereocenters. The van der Waals surface area contributed by atoms with Crippen LogP contribution < -0.4 is 11.5 Å². The standard InChI is InChI=1S/C15H28N2O8S/c1-14(2,3)24-12(20)7(11(18)19)8(16)10(26(22)23)9(17)13(21)25-15(4,5)6/h7-10H,16-17H2,1-6H3,(H,18,19)(H,22,23)/p-1. The van der Waals surface area contributed by atoms with Crippen LogP contribution in [0.15, 0.2) is 0 Å². The number of aliphatic carboxylic acids is 1. The second kappa shape index (κ2) is 8.89. The Hall–Kier alpha value is -1.56. The minimum atomic E-state index is -3.06. The first-order valence-electron chi connectivity index (χ1n) is 7.75. The lowest BCUT2D eigenvalue weighted by molar-refractivity contribution is -0.168. The average molecular weight is 395 g/mol. The van der Waals surface area contributed by atoms with E-state index in [0.717, 1.165) is 0 Å². The molecule has 5 unspecified atom stereocenters. The fourth-order valence-electron chi connectivity index (χ4n) is 1.97. The highest BCUT2D eigenvalue weighted by atomic mass is 32.2. The Morgan fingerprint density at radius 2 is 1.35 bits per heavy atom. The van der Waals surface area contributed by atoms with Gasteiger partial charge >= 0.3 is 17.9 Å². The molecule has 0 saturated heterocycles. The van der Waals surface area contributed by atoms with Crippen molar-refractivity contribution < 1.29 is 37.7 Å². The Balaban J connectivity index is 5.68. The van der Waals surface area contributed by atoms with Crippen LogP contribution in [-0.2, 0) is 34.9 Å². The zero-order valence-corrected chi connectivity index (χ0v) is 16.5. The van der Waals surface area contributed by atoms with Crippen LogP contribution >= 0.6 is 0 Å². The number of carboxylic acid groups (broad SMARTS) is 1. The van der Waals surface area contributed by atoms with Gasteiger partial charge in [0, 0.05) is 6.04 Å². The van der Waals surface area contributed by atoms with E-state index in [-0.39, 0.29) is 0 Å². The molecule has 0 fully saturated rings. The van der Waals surface area contributed by atoms with Crippen molar-refractivity contribution in [2.45, 2.75) is 70.1 Å². The normalized spacial score (nSPS) is 18.2. The maximum atomic E-state index is 12.1. The first-order chi connectivity index (χ1) is 11.5. The van der Waals surface area contributed by atoms with E-state index in [1.807, 2.05) is 0 Å². The van der Waals surface area contributed by atoms with Crippen molar-refractivity contribution in [1.29, 1.82) is 0 Å². The average Bonchev–Trinajstić information content (AvgIpc) is 2.33. The maximum absolute atomic E-state index is 12.1. The zero-order chi connectivity index (χ0) is 21.0. The van der Waals surface area contributed by atoms with Crippen LogP contribution in [0.1, 0.15) is 41.5 Å². The molecule has 0 radical (unpaired) electrons. The number of carbonyl (C=O) groups is 3. The molecule has 0 aromatic heterocycles. The second-order valence-electron chi connectivity index (χ2n) is 7.71. The van der Waals surface area contributed by atoms with Gasteiger partial charge in [-0.2, -0.15) is 0 Å². The molecule has 0 saturated carbocycles. The van der Waals surface area contributed by atoms with Gasteiger partial charge in [0.2, 0.25) is 0 Å². The number of hydrogen-bond donors (Lipinski definition) is 3. The van der Waals surface area contributed by atoms with E-state index < -0.39 is 63.4 Å². The summed E-state index contributed by atoms with van der Waals surface area (Å²) in [6.07, 6.45) is 0. The highest BCUT2D eigenvalue weighted by Crippen LogP contribution is 2.20. The number of ether oxygens (including phenoxy) is 2. The first kappa shape index (κ1) is 24.4. The van der Waals surface area contributed by atoms with Gasteiger partial charge in [-0.25, -0.2) is 0 Å². The smallest absolute Gasteiger partial charge is 0.324 e. The molecule has 0 aliphatic heterocycles. The summed E-state index contributed by atoms with van der Waals surface area (Å²) < 4.78 is 33.1. The Kier molecular flexibility index (Phi) is 8.36. The van der Waals surface area contributed by atoms with Crippen LogP contribution in [0.5, 0.6) is 0 Å². The predicted octanol–water partition coefficient (Wildman–Crippen LogP) is -0.727. The third kappa shape index (κ3) is 7.77. The van der Waals surface area contributed by atoms with Crippen LogP contribution in [0.4, 0.5) is 0 Å². The quantitative estimate of drug-likeness (QED) is 0.282. The van der Waals surface area contributed by atoms with E-state index in [0.29, 0.717) is 0 Å². The van der Waals surface area contributed by atoms with Gasteiger partial charge in [0.05, 0.1) is 5.25 Å². The SMILES string of the molecule is CC(C)(C)OC(=O)C(N)C(C(N)C(C(=O)O)C(=O)OC(C)(C)C)S(=O)[O-]. The van der Waals surface area contributed by atoms with Gasteiger partial charge in [-0.15, -0.1) is 0 Å². The molecule has 0 bridgehead atoms. The minimum absolute atomic E-state index is 0.953. The molecule has 5 N–H and O–H groups in total. The Bertz CT molecular complexity index is 567. The number of carboxylic acids is 1. The first-order valence-corrected chi connectivity index (χ1v) is 8.89. The Morgan fingerprint density at radius 3 is 1.65 bits per heavy atom. The summed E-state index contributed by atoms with van der Waals surface area (Å²) >= 11 is -3.06. The van der Waals surface area contributed by atoms with Gasteiger partial charge in [-0.3, -0.25) is 18.6 Å². The largest absolute Gasteiger partial charge is 0.772 e. The molecular formula is C15H27N2O8S-. The third-order valence-electron chi connectivity index (χ3n) is 2.95. The lowest BCUT2D eigenvalue weighted by Gasteiger charge is -2.34. The fraction of sp³-hybridized carbons (Fsp3) is 0.800. The molecule has 0 amide bonds. The van der Waals surface area contributed by atoms with Crippen molar-refractivity contribution >= 4 is 29.0 Å². The van der Waals surface area contributed by atoms with E-state index in [4.69, 9.17) is 20.9 Å². The van der Waals surface area contributed by atoms with Crippen LogP contribution in [-0.4, -0.2) is 60.3 Å². The van der Waals surface area contributed by atoms with Crippen LogP contribution in [0.25, 0.3) is 0 Å². The summed E-state index contributed by atoms with van der Waals surface area (Å²) in [7, 11) is 0. The number of carbonyl (C=O) groups excluding carboxylic acids is 2. The molecule has 0 aromatic rings. The Labute approximate surface area is 154 Å². The number of esters is 2. The maximum Gasteiger partial charge on any atom is 0.324 e. The van der Waals surface area contributed by atoms with Crippen molar-refractivity contribution in [3.8, 4) is 0 Å². The lowest BCUT2D eigenvalue weighted by Crippen LogP contribution is -2.60. The second-order valence-corrected chi connectivity index (χ2v) is 8.78. The molecule has 10 nitrogen and oxygen atoms in total. The van der Waals surface area contributed by atoms with E-state index in [1.165, 1.54) is 20.8 Å². The topological polar surface area (TPSA) is 182 Å². The van der Waals surface area contributed by atoms with E-state index in [1.54, 1.807) is 20.8 Å². The molecule has 26 heavy (non-hydrogen) atoms. The zero-order valence-electron chi connectivity index (χ0n) is 15.7. The summed E-state index contributed by atoms with van der Waals surface area (Å²) in [4.78, 5) is 35.7. The van der Waals surface area contributed by atoms with E-state index in [9.17, 15) is 28.3 Å². The van der Waals surface area contributed by atoms with Crippen molar-refractivity contribution in [3.63, 3.8) is 0 Å². The number of rotatable bonds is 7. The fourth-order valence-corrected chi connectivity index (χ4v) is 2.73. The van der Waals surface area contributed by atoms with Gasteiger partial charge in [0.15, 0.2) is 5.92 Å². The summed E-state index contributed by atoms with van der Waals surface area (Å²) in [5.41, 5.74) is 9.39. The Morgan fingerprint density at radius 1 is 0.962 bits per heavy atom. The molecule has 0 aliphatic rings. The van der Waals surface area contributed by atoms with Crippen molar-refractivity contribution in [2.24, 2.45) is 17.4 Å². The summed E-state index contributed by atoms with van der Waals surface area (Å²) in [5, 5.41) is 7.43. The van der Waals surface area contributed by atoms with E-state index in [2.05, 4.69) is 0 Å². The molecule has 0 aliphatic carbocycles. The molecule has 0 heterocycles. The molecule has 0 rings (SSSR count). The van der Waals surface area contributed by atoms with Gasteiger partial charge in [-0.1, -0.05) is 0 Å². The number of hydrogen-bond acceptors (Lipinski definition) is 9. The molecule has 11 heteroatoms. The predicted molar refractivity (Wildman–Crippen MR) is 91.5 cm³/mol. The van der Waals surface area contributed by atoms with Gasteiger partial charge in [0.25, 0.3) is 0 Å².